The molecule has 4 N–H and O–H groups in total. The number of rotatable bonds is 8. The summed E-state index contributed by atoms with van der Waals surface area (Å²) in [6.45, 7) is 1.69. The van der Waals surface area contributed by atoms with Crippen molar-refractivity contribution >= 4 is 42.1 Å². The van der Waals surface area contributed by atoms with E-state index in [2.05, 4.69) is 5.32 Å². The lowest BCUT2D eigenvalue weighted by Gasteiger charge is -2.03. The largest absolute Gasteiger partial charge is 0.372 e. The van der Waals surface area contributed by atoms with Gasteiger partial charge in [-0.3, -0.25) is 10.1 Å². The number of sulfonamides is 2. The van der Waals surface area contributed by atoms with Crippen LogP contribution < -0.4 is 15.2 Å². The third-order valence-corrected chi connectivity index (χ3v) is 5.96. The molecular formula is C8H14N4O6S3. The number of nitrogens with two attached hydrogens (primary N) is 1. The van der Waals surface area contributed by atoms with Crippen LogP contribution >= 0.6 is 11.3 Å². The standard InChI is InChI=1S/C8H14N4O6S3/c1-2-10-8-6(12(13)14)5-7(19-8)21(17,18)11-3-4-20(9,15)16/h5,10-11H,2-4H2,1H3,(H2,9,15,16). The summed E-state index contributed by atoms with van der Waals surface area (Å²) in [4.78, 5) is 10.1. The van der Waals surface area contributed by atoms with E-state index in [9.17, 15) is 26.9 Å². The van der Waals surface area contributed by atoms with Gasteiger partial charge in [-0.05, 0) is 6.92 Å². The quantitative estimate of drug-likeness (QED) is 0.422. The van der Waals surface area contributed by atoms with E-state index >= 15 is 0 Å². The fourth-order valence-corrected chi connectivity index (χ4v) is 4.29. The van der Waals surface area contributed by atoms with Gasteiger partial charge in [0.2, 0.25) is 20.0 Å². The molecule has 0 aliphatic rings. The molecule has 21 heavy (non-hydrogen) atoms. The zero-order valence-corrected chi connectivity index (χ0v) is 13.3. The predicted octanol–water partition coefficient (Wildman–Crippen LogP) is -0.345. The van der Waals surface area contributed by atoms with Crippen LogP contribution in [0.1, 0.15) is 6.92 Å². The maximum Gasteiger partial charge on any atom is 0.304 e. The maximum absolute atomic E-state index is 11.9. The van der Waals surface area contributed by atoms with Crippen LogP contribution in [0.5, 0.6) is 0 Å². The van der Waals surface area contributed by atoms with Crippen LogP contribution in [-0.2, 0) is 20.0 Å². The second-order valence-electron chi connectivity index (χ2n) is 3.83. The Labute approximate surface area is 125 Å². The molecule has 0 unspecified atom stereocenters. The Morgan fingerprint density at radius 1 is 1.38 bits per heavy atom. The molecule has 1 aromatic heterocycles. The minimum Gasteiger partial charge on any atom is -0.372 e. The van der Waals surface area contributed by atoms with Crippen LogP contribution in [-0.4, -0.2) is 40.6 Å². The van der Waals surface area contributed by atoms with Crippen LogP contribution in [0.3, 0.4) is 0 Å². The molecule has 1 rings (SSSR count). The monoisotopic (exact) mass is 358 g/mol. The minimum atomic E-state index is -4.03. The summed E-state index contributed by atoms with van der Waals surface area (Å²) < 4.78 is 47.1. The molecule has 0 aliphatic heterocycles. The molecule has 0 spiro atoms. The van der Waals surface area contributed by atoms with E-state index in [0.29, 0.717) is 17.9 Å². The highest BCUT2D eigenvalue weighted by atomic mass is 32.2. The molecule has 10 nitrogen and oxygen atoms in total. The molecule has 0 amide bonds. The molecule has 13 heteroatoms. The van der Waals surface area contributed by atoms with Gasteiger partial charge in [-0.15, -0.1) is 0 Å². The Balaban J connectivity index is 2.98. The van der Waals surface area contributed by atoms with Crippen LogP contribution in [0.25, 0.3) is 0 Å². The van der Waals surface area contributed by atoms with E-state index in [-0.39, 0.29) is 14.9 Å². The lowest BCUT2D eigenvalue weighted by Crippen LogP contribution is -2.31. The number of hydrogen-bond donors (Lipinski definition) is 3. The average Bonchev–Trinajstić information content (AvgIpc) is 2.72. The minimum absolute atomic E-state index is 0.120. The molecule has 120 valence electrons. The highest BCUT2D eigenvalue weighted by Gasteiger charge is 2.25. The first kappa shape index (κ1) is 17.8. The van der Waals surface area contributed by atoms with Crippen molar-refractivity contribution in [3.05, 3.63) is 16.2 Å². The summed E-state index contributed by atoms with van der Waals surface area (Å²) in [5.41, 5.74) is -0.353. The predicted molar refractivity (Wildman–Crippen MR) is 78.3 cm³/mol. The number of thiophene rings is 1. The number of primary sulfonamides is 1. The summed E-state index contributed by atoms with van der Waals surface area (Å²) in [7, 11) is -7.83. The third-order valence-electron chi connectivity index (χ3n) is 2.17. The molecule has 1 heterocycles. The summed E-state index contributed by atoms with van der Waals surface area (Å²) in [5, 5.41) is 18.4. The van der Waals surface area contributed by atoms with Crippen molar-refractivity contribution in [1.82, 2.24) is 4.72 Å². The van der Waals surface area contributed by atoms with Gasteiger partial charge in [0.05, 0.1) is 10.7 Å². The van der Waals surface area contributed by atoms with Crippen LogP contribution in [0.2, 0.25) is 0 Å². The van der Waals surface area contributed by atoms with Gasteiger partial charge < -0.3 is 5.32 Å². The summed E-state index contributed by atoms with van der Waals surface area (Å²) in [6, 6.07) is 0.919. The van der Waals surface area contributed by atoms with Gasteiger partial charge in [0, 0.05) is 19.2 Å². The van der Waals surface area contributed by atoms with E-state index in [0.717, 1.165) is 6.07 Å². The molecular weight excluding hydrogens is 344 g/mol. The number of anilines is 1. The Hall–Kier alpha value is -1.28. The normalized spacial score (nSPS) is 12.3. The van der Waals surface area contributed by atoms with Gasteiger partial charge in [0.15, 0.2) is 5.00 Å². The van der Waals surface area contributed by atoms with Gasteiger partial charge in [-0.2, -0.15) is 0 Å². The van der Waals surface area contributed by atoms with Crippen molar-refractivity contribution in [2.45, 2.75) is 11.1 Å². The summed E-state index contributed by atoms with van der Waals surface area (Å²) >= 11 is 0.693. The highest BCUT2D eigenvalue weighted by molar-refractivity contribution is 7.92. The number of nitro groups is 1. The van der Waals surface area contributed by atoms with Crippen molar-refractivity contribution in [2.75, 3.05) is 24.2 Å². The molecule has 0 atom stereocenters. The van der Waals surface area contributed by atoms with Crippen LogP contribution in [0, 0.1) is 10.1 Å². The fourth-order valence-electron chi connectivity index (χ4n) is 1.30. The van der Waals surface area contributed by atoms with E-state index in [1.165, 1.54) is 0 Å². The Kier molecular flexibility index (Phi) is 5.63. The van der Waals surface area contributed by atoms with Crippen LogP contribution in [0.4, 0.5) is 10.7 Å². The van der Waals surface area contributed by atoms with Gasteiger partial charge in [0.25, 0.3) is 0 Å². The second kappa shape index (κ2) is 6.65. The number of hydrogen-bond acceptors (Lipinski definition) is 8. The maximum atomic E-state index is 11.9. The molecule has 0 aliphatic carbocycles. The average molecular weight is 358 g/mol. The first-order valence-electron chi connectivity index (χ1n) is 5.59. The van der Waals surface area contributed by atoms with Crippen LogP contribution in [0.15, 0.2) is 10.3 Å². The van der Waals surface area contributed by atoms with E-state index in [4.69, 9.17) is 5.14 Å². The Morgan fingerprint density at radius 3 is 2.48 bits per heavy atom. The van der Waals surface area contributed by atoms with E-state index in [1.807, 2.05) is 4.72 Å². The highest BCUT2D eigenvalue weighted by Crippen LogP contribution is 2.36. The molecule has 0 saturated heterocycles. The zero-order chi connectivity index (χ0) is 16.3. The van der Waals surface area contributed by atoms with Crippen molar-refractivity contribution in [3.63, 3.8) is 0 Å². The lowest BCUT2D eigenvalue weighted by molar-refractivity contribution is -0.383. The van der Waals surface area contributed by atoms with Crippen molar-refractivity contribution in [2.24, 2.45) is 5.14 Å². The summed E-state index contributed by atoms with van der Waals surface area (Å²) in [6.07, 6.45) is 0. The van der Waals surface area contributed by atoms with Gasteiger partial charge in [-0.25, -0.2) is 26.7 Å². The first-order valence-corrected chi connectivity index (χ1v) is 9.60. The lowest BCUT2D eigenvalue weighted by atomic mass is 10.5. The molecule has 0 aromatic carbocycles. The van der Waals surface area contributed by atoms with Crippen molar-refractivity contribution in [1.29, 1.82) is 0 Å². The molecule has 0 bridgehead atoms. The van der Waals surface area contributed by atoms with E-state index < -0.39 is 37.3 Å². The fraction of sp³-hybridized carbons (Fsp3) is 0.500. The Bertz CT molecular complexity index is 723. The van der Waals surface area contributed by atoms with Gasteiger partial charge in [-0.1, -0.05) is 11.3 Å². The molecule has 1 aromatic rings. The third kappa shape index (κ3) is 5.20. The molecule has 0 saturated carbocycles. The summed E-state index contributed by atoms with van der Waals surface area (Å²) in [5.74, 6) is -0.570. The van der Waals surface area contributed by atoms with Gasteiger partial charge >= 0.3 is 5.69 Å². The number of nitrogens with one attached hydrogen (secondary N) is 2. The van der Waals surface area contributed by atoms with Crippen molar-refractivity contribution in [3.8, 4) is 0 Å². The topological polar surface area (TPSA) is 162 Å². The van der Waals surface area contributed by atoms with Gasteiger partial charge in [0.1, 0.15) is 4.21 Å². The molecule has 0 fully saturated rings. The second-order valence-corrected chi connectivity index (χ2v) is 8.61. The zero-order valence-electron chi connectivity index (χ0n) is 10.9. The first-order chi connectivity index (χ1) is 9.57. The Morgan fingerprint density at radius 2 is 2.00 bits per heavy atom. The smallest absolute Gasteiger partial charge is 0.304 e. The molecule has 0 radical (unpaired) electrons. The number of nitrogens with zero attached hydrogens (tertiary/aromatic N) is 1. The van der Waals surface area contributed by atoms with Crippen molar-refractivity contribution < 1.29 is 21.8 Å². The SMILES string of the molecule is CCNc1sc(S(=O)(=O)NCCS(N)(=O)=O)cc1[N+](=O)[O-]. The van der Waals surface area contributed by atoms with E-state index in [1.54, 1.807) is 6.92 Å².